The largest absolute Gasteiger partial charge is 0.376 e. The van der Waals surface area contributed by atoms with Crippen LogP contribution >= 0.6 is 11.6 Å². The van der Waals surface area contributed by atoms with Gasteiger partial charge in [0, 0.05) is 16.6 Å². The zero-order valence-electron chi connectivity index (χ0n) is 12.2. The highest BCUT2D eigenvalue weighted by molar-refractivity contribution is 6.30. The Morgan fingerprint density at radius 1 is 1.29 bits per heavy atom. The molecule has 21 heavy (non-hydrogen) atoms. The number of halogens is 1. The van der Waals surface area contributed by atoms with E-state index >= 15 is 0 Å². The second-order valence-corrected chi connectivity index (χ2v) is 6.31. The lowest BCUT2D eigenvalue weighted by molar-refractivity contribution is 0.320. The third-order valence-corrected chi connectivity index (χ3v) is 4.33. The van der Waals surface area contributed by atoms with Gasteiger partial charge in [-0.1, -0.05) is 36.5 Å². The highest BCUT2D eigenvalue weighted by Gasteiger charge is 2.24. The van der Waals surface area contributed by atoms with Crippen LogP contribution in [0.1, 0.15) is 50.2 Å². The highest BCUT2D eigenvalue weighted by atomic mass is 35.5. The van der Waals surface area contributed by atoms with E-state index in [9.17, 15) is 0 Å². The third kappa shape index (κ3) is 3.76. The van der Waals surface area contributed by atoms with Crippen molar-refractivity contribution in [1.82, 2.24) is 10.1 Å². The van der Waals surface area contributed by atoms with Crippen molar-refractivity contribution in [2.75, 3.05) is 5.32 Å². The number of benzene rings is 1. The SMILES string of the molecule is CC1CCCC(c2noc(CNc3ccc(Cl)cc3)n2)C1. The van der Waals surface area contributed by atoms with Crippen molar-refractivity contribution in [2.45, 2.75) is 45.1 Å². The van der Waals surface area contributed by atoms with Gasteiger partial charge in [0.15, 0.2) is 5.82 Å². The molecule has 2 atom stereocenters. The topological polar surface area (TPSA) is 51.0 Å². The van der Waals surface area contributed by atoms with Crippen molar-refractivity contribution in [3.8, 4) is 0 Å². The molecule has 0 saturated heterocycles. The molecule has 112 valence electrons. The Bertz CT molecular complexity index is 581. The number of aromatic nitrogens is 2. The Kier molecular flexibility index (Phi) is 4.44. The van der Waals surface area contributed by atoms with Gasteiger partial charge in [-0.25, -0.2) is 0 Å². The molecule has 0 radical (unpaired) electrons. The Morgan fingerprint density at radius 3 is 2.86 bits per heavy atom. The van der Waals surface area contributed by atoms with E-state index in [4.69, 9.17) is 16.1 Å². The van der Waals surface area contributed by atoms with Crippen molar-refractivity contribution < 1.29 is 4.52 Å². The van der Waals surface area contributed by atoms with Crippen LogP contribution in [0.4, 0.5) is 5.69 Å². The molecule has 1 N–H and O–H groups in total. The third-order valence-electron chi connectivity index (χ3n) is 4.07. The van der Waals surface area contributed by atoms with Gasteiger partial charge in [-0.05, 0) is 43.0 Å². The van der Waals surface area contributed by atoms with Crippen LogP contribution in [-0.4, -0.2) is 10.1 Å². The van der Waals surface area contributed by atoms with Gasteiger partial charge in [-0.15, -0.1) is 0 Å². The number of anilines is 1. The van der Waals surface area contributed by atoms with Crippen molar-refractivity contribution in [1.29, 1.82) is 0 Å². The van der Waals surface area contributed by atoms with Gasteiger partial charge in [0.2, 0.25) is 5.89 Å². The van der Waals surface area contributed by atoms with E-state index in [0.29, 0.717) is 18.4 Å². The normalized spacial score (nSPS) is 22.2. The minimum Gasteiger partial charge on any atom is -0.376 e. The molecule has 1 aromatic heterocycles. The van der Waals surface area contributed by atoms with E-state index in [-0.39, 0.29) is 0 Å². The average molecular weight is 306 g/mol. The van der Waals surface area contributed by atoms with Crippen LogP contribution in [0.5, 0.6) is 0 Å². The van der Waals surface area contributed by atoms with E-state index in [1.54, 1.807) is 0 Å². The van der Waals surface area contributed by atoms with Crippen LogP contribution in [0.25, 0.3) is 0 Å². The molecule has 0 bridgehead atoms. The first-order valence-corrected chi connectivity index (χ1v) is 7.90. The summed E-state index contributed by atoms with van der Waals surface area (Å²) in [5.74, 6) is 2.73. The lowest BCUT2D eigenvalue weighted by Crippen LogP contribution is -2.13. The minimum absolute atomic E-state index is 0.460. The molecule has 2 aromatic rings. The first-order valence-electron chi connectivity index (χ1n) is 7.52. The fourth-order valence-electron chi connectivity index (χ4n) is 2.92. The summed E-state index contributed by atoms with van der Waals surface area (Å²) in [7, 11) is 0. The van der Waals surface area contributed by atoms with E-state index in [2.05, 4.69) is 22.4 Å². The molecule has 3 rings (SSSR count). The molecule has 0 spiro atoms. The summed E-state index contributed by atoms with van der Waals surface area (Å²) in [6.07, 6.45) is 4.93. The summed E-state index contributed by atoms with van der Waals surface area (Å²) >= 11 is 5.86. The number of nitrogens with one attached hydrogen (secondary N) is 1. The number of hydrogen-bond donors (Lipinski definition) is 1. The standard InChI is InChI=1S/C16H20ClN3O/c1-11-3-2-4-12(9-11)16-19-15(21-20-16)10-18-14-7-5-13(17)6-8-14/h5-8,11-12,18H,2-4,9-10H2,1H3. The lowest BCUT2D eigenvalue weighted by atomic mass is 9.82. The van der Waals surface area contributed by atoms with Gasteiger partial charge in [-0.3, -0.25) is 0 Å². The molecule has 4 nitrogen and oxygen atoms in total. The van der Waals surface area contributed by atoms with Crippen molar-refractivity contribution >= 4 is 17.3 Å². The van der Waals surface area contributed by atoms with E-state index in [1.165, 1.54) is 25.7 Å². The summed E-state index contributed by atoms with van der Waals surface area (Å²) in [5.41, 5.74) is 0.991. The van der Waals surface area contributed by atoms with Gasteiger partial charge >= 0.3 is 0 Å². The summed E-state index contributed by atoms with van der Waals surface area (Å²) in [6.45, 7) is 2.84. The van der Waals surface area contributed by atoms with Crippen LogP contribution in [0.2, 0.25) is 5.02 Å². The maximum atomic E-state index is 5.86. The fraction of sp³-hybridized carbons (Fsp3) is 0.500. The smallest absolute Gasteiger partial charge is 0.245 e. The summed E-state index contributed by atoms with van der Waals surface area (Å²) in [6, 6.07) is 7.57. The first-order chi connectivity index (χ1) is 10.2. The molecular weight excluding hydrogens is 286 g/mol. The van der Waals surface area contributed by atoms with Crippen molar-refractivity contribution in [3.63, 3.8) is 0 Å². The van der Waals surface area contributed by atoms with Crippen LogP contribution in [0, 0.1) is 5.92 Å². The fourth-order valence-corrected chi connectivity index (χ4v) is 3.05. The molecule has 5 heteroatoms. The first kappa shape index (κ1) is 14.4. The molecule has 1 heterocycles. The Morgan fingerprint density at radius 2 is 2.10 bits per heavy atom. The zero-order chi connectivity index (χ0) is 14.7. The number of nitrogens with zero attached hydrogens (tertiary/aromatic N) is 2. The number of hydrogen-bond acceptors (Lipinski definition) is 4. The van der Waals surface area contributed by atoms with E-state index < -0.39 is 0 Å². The van der Waals surface area contributed by atoms with Gasteiger partial charge in [0.1, 0.15) is 0 Å². The minimum atomic E-state index is 0.460. The predicted octanol–water partition coefficient (Wildman–Crippen LogP) is 4.63. The number of rotatable bonds is 4. The maximum Gasteiger partial charge on any atom is 0.245 e. The van der Waals surface area contributed by atoms with Gasteiger partial charge in [0.25, 0.3) is 0 Å². The molecule has 1 aliphatic rings. The van der Waals surface area contributed by atoms with Crippen molar-refractivity contribution in [3.05, 3.63) is 41.0 Å². The molecule has 1 saturated carbocycles. The molecule has 0 amide bonds. The Hall–Kier alpha value is -1.55. The molecule has 2 unspecified atom stereocenters. The average Bonchev–Trinajstić information content (AvgIpc) is 2.96. The zero-order valence-corrected chi connectivity index (χ0v) is 12.9. The molecule has 1 aliphatic carbocycles. The Balaban J connectivity index is 1.58. The molecule has 0 aliphatic heterocycles. The lowest BCUT2D eigenvalue weighted by Gasteiger charge is -2.23. The summed E-state index contributed by atoms with van der Waals surface area (Å²) in [5, 5.41) is 8.14. The molecular formula is C16H20ClN3O. The van der Waals surface area contributed by atoms with Gasteiger partial charge < -0.3 is 9.84 Å². The predicted molar refractivity (Wildman–Crippen MR) is 83.4 cm³/mol. The van der Waals surface area contributed by atoms with Crippen LogP contribution in [-0.2, 0) is 6.54 Å². The quantitative estimate of drug-likeness (QED) is 0.895. The van der Waals surface area contributed by atoms with E-state index in [1.807, 2.05) is 24.3 Å². The summed E-state index contributed by atoms with van der Waals surface area (Å²) < 4.78 is 5.35. The Labute approximate surface area is 129 Å². The van der Waals surface area contributed by atoms with Crippen LogP contribution in [0.15, 0.2) is 28.8 Å². The molecule has 1 aromatic carbocycles. The second kappa shape index (κ2) is 6.48. The van der Waals surface area contributed by atoms with Gasteiger partial charge in [0.05, 0.1) is 6.54 Å². The monoisotopic (exact) mass is 305 g/mol. The van der Waals surface area contributed by atoms with E-state index in [0.717, 1.165) is 22.5 Å². The maximum absolute atomic E-state index is 5.86. The summed E-state index contributed by atoms with van der Waals surface area (Å²) in [4.78, 5) is 4.53. The molecule has 1 fully saturated rings. The van der Waals surface area contributed by atoms with Crippen molar-refractivity contribution in [2.24, 2.45) is 5.92 Å². The second-order valence-electron chi connectivity index (χ2n) is 5.88. The van der Waals surface area contributed by atoms with Gasteiger partial charge in [-0.2, -0.15) is 4.98 Å². The highest BCUT2D eigenvalue weighted by Crippen LogP contribution is 2.34. The van der Waals surface area contributed by atoms with Crippen LogP contribution in [0.3, 0.4) is 0 Å². The van der Waals surface area contributed by atoms with Crippen LogP contribution < -0.4 is 5.32 Å².